The molecule has 1 atom stereocenters. The van der Waals surface area contributed by atoms with Gasteiger partial charge in [0, 0.05) is 13.1 Å². The van der Waals surface area contributed by atoms with Gasteiger partial charge in [-0.2, -0.15) is 0 Å². The van der Waals surface area contributed by atoms with Crippen molar-refractivity contribution in [2.45, 2.75) is 46.1 Å². The molecule has 1 aliphatic rings. The lowest BCUT2D eigenvalue weighted by atomic mass is 9.85. The predicted molar refractivity (Wildman–Crippen MR) is 95.2 cm³/mol. The molecule has 0 aromatic heterocycles. The van der Waals surface area contributed by atoms with Crippen molar-refractivity contribution in [1.29, 1.82) is 0 Å². The van der Waals surface area contributed by atoms with Gasteiger partial charge < -0.3 is 9.64 Å². The van der Waals surface area contributed by atoms with Crippen molar-refractivity contribution in [2.75, 3.05) is 13.1 Å². The number of hydrogen-bond donors (Lipinski definition) is 0. The second kappa shape index (κ2) is 7.67. The van der Waals surface area contributed by atoms with Gasteiger partial charge in [0.25, 0.3) is 0 Å². The molecule has 23 heavy (non-hydrogen) atoms. The van der Waals surface area contributed by atoms with E-state index in [2.05, 4.69) is 43.3 Å². The van der Waals surface area contributed by atoms with Gasteiger partial charge >= 0.3 is 6.09 Å². The van der Waals surface area contributed by atoms with E-state index in [1.165, 1.54) is 5.56 Å². The quantitative estimate of drug-likeness (QED) is 0.787. The second-order valence-corrected chi connectivity index (χ2v) is 7.43. The molecule has 3 heteroatoms. The molecule has 0 aliphatic carbocycles. The van der Waals surface area contributed by atoms with Crippen LogP contribution in [-0.2, 0) is 4.74 Å². The molecule has 1 aromatic rings. The summed E-state index contributed by atoms with van der Waals surface area (Å²) in [5.41, 5.74) is 0.824. The van der Waals surface area contributed by atoms with Crippen LogP contribution in [0.5, 0.6) is 0 Å². The molecule has 0 radical (unpaired) electrons. The van der Waals surface area contributed by atoms with Crippen molar-refractivity contribution < 1.29 is 9.53 Å². The highest BCUT2D eigenvalue weighted by Crippen LogP contribution is 2.27. The van der Waals surface area contributed by atoms with Gasteiger partial charge in [0.15, 0.2) is 0 Å². The van der Waals surface area contributed by atoms with Crippen LogP contribution >= 0.6 is 0 Å². The maximum atomic E-state index is 12.1. The van der Waals surface area contributed by atoms with Gasteiger partial charge in [-0.05, 0) is 51.0 Å². The number of nitrogens with zero attached hydrogens (tertiary/aromatic N) is 1. The van der Waals surface area contributed by atoms with Gasteiger partial charge in [-0.1, -0.05) is 49.4 Å². The zero-order valence-electron chi connectivity index (χ0n) is 14.8. The Balaban J connectivity index is 1.82. The molecule has 0 spiro atoms. The van der Waals surface area contributed by atoms with Crippen LogP contribution < -0.4 is 0 Å². The molecular weight excluding hydrogens is 286 g/mol. The smallest absolute Gasteiger partial charge is 0.410 e. The lowest BCUT2D eigenvalue weighted by Crippen LogP contribution is -2.42. The number of piperidine rings is 1. The van der Waals surface area contributed by atoms with E-state index in [4.69, 9.17) is 4.74 Å². The summed E-state index contributed by atoms with van der Waals surface area (Å²) < 4.78 is 5.45. The van der Waals surface area contributed by atoms with E-state index < -0.39 is 5.60 Å². The second-order valence-electron chi connectivity index (χ2n) is 7.43. The molecule has 1 saturated heterocycles. The molecule has 1 aromatic carbocycles. The molecule has 1 heterocycles. The molecule has 0 unspecified atom stereocenters. The third-order valence-electron chi connectivity index (χ3n) is 4.33. The highest BCUT2D eigenvalue weighted by atomic mass is 16.6. The Morgan fingerprint density at radius 1 is 1.22 bits per heavy atom. The zero-order chi connectivity index (χ0) is 16.9. The highest BCUT2D eigenvalue weighted by molar-refractivity contribution is 5.68. The summed E-state index contributed by atoms with van der Waals surface area (Å²) in [6.45, 7) is 9.59. The van der Waals surface area contributed by atoms with E-state index in [1.54, 1.807) is 0 Å². The first kappa shape index (κ1) is 17.6. The van der Waals surface area contributed by atoms with E-state index in [1.807, 2.05) is 31.7 Å². The van der Waals surface area contributed by atoms with Crippen molar-refractivity contribution in [3.63, 3.8) is 0 Å². The molecule has 1 fully saturated rings. The first-order valence-corrected chi connectivity index (χ1v) is 8.56. The fourth-order valence-corrected chi connectivity index (χ4v) is 2.92. The summed E-state index contributed by atoms with van der Waals surface area (Å²) in [7, 11) is 0. The first-order chi connectivity index (χ1) is 10.8. The molecular formula is C20H29NO2. The molecule has 0 bridgehead atoms. The van der Waals surface area contributed by atoms with Crippen molar-refractivity contribution in [3.8, 4) is 0 Å². The minimum Gasteiger partial charge on any atom is -0.444 e. The van der Waals surface area contributed by atoms with E-state index in [0.717, 1.165) is 25.9 Å². The summed E-state index contributed by atoms with van der Waals surface area (Å²) in [4.78, 5) is 13.9. The Morgan fingerprint density at radius 2 is 1.83 bits per heavy atom. The van der Waals surface area contributed by atoms with E-state index in [9.17, 15) is 4.79 Å². The number of amides is 1. The van der Waals surface area contributed by atoms with E-state index >= 15 is 0 Å². The number of hydrogen-bond acceptors (Lipinski definition) is 2. The number of ether oxygens (including phenoxy) is 1. The minimum absolute atomic E-state index is 0.177. The van der Waals surface area contributed by atoms with Crippen molar-refractivity contribution >= 4 is 12.2 Å². The molecule has 0 N–H and O–H groups in total. The van der Waals surface area contributed by atoms with E-state index in [-0.39, 0.29) is 6.09 Å². The Bertz CT molecular complexity index is 522. The summed E-state index contributed by atoms with van der Waals surface area (Å²) in [6.07, 6.45) is 6.40. The maximum absolute atomic E-state index is 12.1. The Morgan fingerprint density at radius 3 is 2.39 bits per heavy atom. The fraction of sp³-hybridized carbons (Fsp3) is 0.550. The lowest BCUT2D eigenvalue weighted by molar-refractivity contribution is 0.0171. The molecule has 1 amide bonds. The topological polar surface area (TPSA) is 29.5 Å². The third-order valence-corrected chi connectivity index (χ3v) is 4.33. The fourth-order valence-electron chi connectivity index (χ4n) is 2.92. The SMILES string of the molecule is C[C@H](/C=C/c1ccccc1)C1CCN(C(=O)OC(C)(C)C)CC1. The number of carbonyl (C=O) groups excluding carboxylic acids is 1. The van der Waals surface area contributed by atoms with Gasteiger partial charge in [-0.3, -0.25) is 0 Å². The van der Waals surface area contributed by atoms with Crippen LogP contribution in [0.3, 0.4) is 0 Å². The summed E-state index contributed by atoms with van der Waals surface area (Å²) in [5.74, 6) is 1.16. The molecule has 0 saturated carbocycles. The largest absolute Gasteiger partial charge is 0.444 e. The van der Waals surface area contributed by atoms with Crippen molar-refractivity contribution in [3.05, 3.63) is 42.0 Å². The number of allylic oxidation sites excluding steroid dienone is 1. The predicted octanol–water partition coefficient (Wildman–Crippen LogP) is 4.98. The average molecular weight is 315 g/mol. The van der Waals surface area contributed by atoms with Gasteiger partial charge in [-0.25, -0.2) is 4.79 Å². The van der Waals surface area contributed by atoms with Crippen LogP contribution in [0.25, 0.3) is 6.08 Å². The van der Waals surface area contributed by atoms with Crippen LogP contribution in [0.2, 0.25) is 0 Å². The van der Waals surface area contributed by atoms with Crippen molar-refractivity contribution in [1.82, 2.24) is 4.90 Å². The van der Waals surface area contributed by atoms with Crippen LogP contribution in [0.15, 0.2) is 36.4 Å². The van der Waals surface area contributed by atoms with Crippen LogP contribution in [0, 0.1) is 11.8 Å². The highest BCUT2D eigenvalue weighted by Gasteiger charge is 2.28. The van der Waals surface area contributed by atoms with Crippen LogP contribution in [-0.4, -0.2) is 29.7 Å². The molecule has 3 nitrogen and oxygen atoms in total. The number of rotatable bonds is 3. The lowest BCUT2D eigenvalue weighted by Gasteiger charge is -2.35. The third kappa shape index (κ3) is 5.74. The monoisotopic (exact) mass is 315 g/mol. The minimum atomic E-state index is -0.417. The van der Waals surface area contributed by atoms with Crippen LogP contribution in [0.4, 0.5) is 4.79 Å². The summed E-state index contributed by atoms with van der Waals surface area (Å²) in [6, 6.07) is 10.4. The maximum Gasteiger partial charge on any atom is 0.410 e. The summed E-state index contributed by atoms with van der Waals surface area (Å²) in [5, 5.41) is 0. The number of likely N-dealkylation sites (tertiary alicyclic amines) is 1. The number of carbonyl (C=O) groups is 1. The standard InChI is InChI=1S/C20H29NO2/c1-16(10-11-17-8-6-5-7-9-17)18-12-14-21(15-13-18)19(22)23-20(2,3)4/h5-11,16,18H,12-15H2,1-4H3/b11-10+/t16-/m1/s1. The zero-order valence-corrected chi connectivity index (χ0v) is 14.8. The first-order valence-electron chi connectivity index (χ1n) is 8.56. The Kier molecular flexibility index (Phi) is 5.86. The number of benzene rings is 1. The Labute approximate surface area is 140 Å². The normalized spacial score (nSPS) is 18.2. The Hall–Kier alpha value is -1.77. The molecule has 1 aliphatic heterocycles. The van der Waals surface area contributed by atoms with Crippen LogP contribution in [0.1, 0.15) is 46.1 Å². The van der Waals surface area contributed by atoms with E-state index in [0.29, 0.717) is 11.8 Å². The van der Waals surface area contributed by atoms with Gasteiger partial charge in [0.2, 0.25) is 0 Å². The average Bonchev–Trinajstić information content (AvgIpc) is 2.52. The van der Waals surface area contributed by atoms with Gasteiger partial charge in [0.1, 0.15) is 5.60 Å². The molecule has 126 valence electrons. The summed E-state index contributed by atoms with van der Waals surface area (Å²) >= 11 is 0. The van der Waals surface area contributed by atoms with Crippen molar-refractivity contribution in [2.24, 2.45) is 11.8 Å². The van der Waals surface area contributed by atoms with Gasteiger partial charge in [0.05, 0.1) is 0 Å². The molecule has 2 rings (SSSR count). The van der Waals surface area contributed by atoms with Gasteiger partial charge in [-0.15, -0.1) is 0 Å².